The third-order valence-corrected chi connectivity index (χ3v) is 3.92. The Labute approximate surface area is 96.1 Å². The van der Waals surface area contributed by atoms with Crippen molar-refractivity contribution in [2.75, 3.05) is 0 Å². The molecule has 1 fully saturated rings. The van der Waals surface area contributed by atoms with Crippen molar-refractivity contribution in [1.29, 1.82) is 0 Å². The van der Waals surface area contributed by atoms with E-state index in [0.29, 0.717) is 16.7 Å². The topological polar surface area (TPSA) is 25.8 Å². The van der Waals surface area contributed by atoms with Crippen molar-refractivity contribution in [2.24, 2.45) is 5.41 Å². The normalized spacial score (nSPS) is 30.1. The second-order valence-electron chi connectivity index (χ2n) is 5.08. The molecule has 15 heavy (non-hydrogen) atoms. The third-order valence-electron chi connectivity index (χ3n) is 3.52. The van der Waals surface area contributed by atoms with Crippen molar-refractivity contribution in [3.05, 3.63) is 24.3 Å². The molecule has 2 unspecified atom stereocenters. The molecular weight excluding hydrogens is 208 g/mol. The monoisotopic (exact) mass is 224 g/mol. The van der Waals surface area contributed by atoms with Crippen LogP contribution in [0.15, 0.2) is 18.7 Å². The second-order valence-corrected chi connectivity index (χ2v) is 5.70. The maximum absolute atomic E-state index is 6.25. The zero-order valence-electron chi connectivity index (χ0n) is 9.28. The molecule has 0 aliphatic heterocycles. The van der Waals surface area contributed by atoms with Crippen LogP contribution in [0.1, 0.15) is 44.6 Å². The highest BCUT2D eigenvalue weighted by Gasteiger charge is 2.36. The number of aromatic nitrogens is 2. The predicted octanol–water partition coefficient (Wildman–Crippen LogP) is 3.38. The molecule has 0 amide bonds. The Morgan fingerprint density at radius 1 is 1.33 bits per heavy atom. The maximum Gasteiger partial charge on any atom is 0.115 e. The van der Waals surface area contributed by atoms with E-state index in [0.717, 1.165) is 12.8 Å². The lowest BCUT2D eigenvalue weighted by molar-refractivity contribution is 0.202. The van der Waals surface area contributed by atoms with Crippen molar-refractivity contribution < 1.29 is 0 Å². The summed E-state index contributed by atoms with van der Waals surface area (Å²) in [7, 11) is 0. The van der Waals surface area contributed by atoms with E-state index in [1.54, 1.807) is 6.33 Å². The molecule has 1 heterocycles. The Morgan fingerprint density at radius 2 is 2.00 bits per heavy atom. The van der Waals surface area contributed by atoms with Gasteiger partial charge >= 0.3 is 0 Å². The summed E-state index contributed by atoms with van der Waals surface area (Å²) in [4.78, 5) is 8.19. The van der Waals surface area contributed by atoms with Crippen LogP contribution in [-0.2, 0) is 0 Å². The zero-order chi connectivity index (χ0) is 10.9. The van der Waals surface area contributed by atoms with Crippen molar-refractivity contribution >= 4 is 11.6 Å². The van der Waals surface area contributed by atoms with Gasteiger partial charge in [0.05, 0.1) is 0 Å². The quantitative estimate of drug-likeness (QED) is 0.684. The first-order valence-corrected chi connectivity index (χ1v) is 5.92. The van der Waals surface area contributed by atoms with E-state index in [2.05, 4.69) is 23.8 Å². The summed E-state index contributed by atoms with van der Waals surface area (Å²) in [6.45, 7) is 4.63. The van der Waals surface area contributed by atoms with Gasteiger partial charge in [-0.05, 0) is 36.2 Å². The standard InChI is InChI=1S/C12H17ClN2/c1-12(2)4-3-10(13)5-11(12)9-6-14-8-15-7-9/h6-8,10-11H,3-5H2,1-2H3. The number of nitrogens with zero attached hydrogens (tertiary/aromatic N) is 2. The van der Waals surface area contributed by atoms with Gasteiger partial charge in [-0.25, -0.2) is 9.97 Å². The van der Waals surface area contributed by atoms with Crippen LogP contribution in [0.5, 0.6) is 0 Å². The van der Waals surface area contributed by atoms with Crippen LogP contribution in [0.25, 0.3) is 0 Å². The largest absolute Gasteiger partial charge is 0.245 e. The zero-order valence-corrected chi connectivity index (χ0v) is 10.0. The lowest BCUT2D eigenvalue weighted by Crippen LogP contribution is -2.30. The predicted molar refractivity (Wildman–Crippen MR) is 62.0 cm³/mol. The molecule has 3 heteroatoms. The molecule has 0 spiro atoms. The van der Waals surface area contributed by atoms with Crippen LogP contribution in [-0.4, -0.2) is 15.3 Å². The number of hydrogen-bond donors (Lipinski definition) is 0. The van der Waals surface area contributed by atoms with Gasteiger partial charge in [0, 0.05) is 17.8 Å². The van der Waals surface area contributed by atoms with E-state index in [-0.39, 0.29) is 0 Å². The Bertz CT molecular complexity index is 324. The summed E-state index contributed by atoms with van der Waals surface area (Å²) >= 11 is 6.25. The fourth-order valence-electron chi connectivity index (χ4n) is 2.47. The fourth-order valence-corrected chi connectivity index (χ4v) is 2.76. The summed E-state index contributed by atoms with van der Waals surface area (Å²) in [5.74, 6) is 0.495. The molecule has 0 bridgehead atoms. The van der Waals surface area contributed by atoms with Gasteiger partial charge in [-0.1, -0.05) is 13.8 Å². The van der Waals surface area contributed by atoms with Crippen LogP contribution < -0.4 is 0 Å². The SMILES string of the molecule is CC1(C)CCC(Cl)CC1c1cncnc1. The Hall–Kier alpha value is -0.630. The molecule has 0 aromatic carbocycles. The lowest BCUT2D eigenvalue weighted by Gasteiger charge is -2.40. The number of alkyl halides is 1. The molecule has 2 atom stereocenters. The summed E-state index contributed by atoms with van der Waals surface area (Å²) in [5, 5.41) is 0.309. The van der Waals surface area contributed by atoms with E-state index >= 15 is 0 Å². The molecule has 1 saturated carbocycles. The molecule has 82 valence electrons. The first-order valence-electron chi connectivity index (χ1n) is 5.48. The van der Waals surface area contributed by atoms with Crippen LogP contribution >= 0.6 is 11.6 Å². The minimum Gasteiger partial charge on any atom is -0.245 e. The number of hydrogen-bond acceptors (Lipinski definition) is 2. The highest BCUT2D eigenvalue weighted by Crippen LogP contribution is 2.47. The van der Waals surface area contributed by atoms with Crippen molar-refractivity contribution in [2.45, 2.75) is 44.4 Å². The molecular formula is C12H17ClN2. The second kappa shape index (κ2) is 4.09. The van der Waals surface area contributed by atoms with Crippen LogP contribution in [0.4, 0.5) is 0 Å². The Kier molecular flexibility index (Phi) is 2.96. The van der Waals surface area contributed by atoms with E-state index in [1.807, 2.05) is 12.4 Å². The molecule has 0 radical (unpaired) electrons. The van der Waals surface area contributed by atoms with Gasteiger partial charge in [0.15, 0.2) is 0 Å². The minimum absolute atomic E-state index is 0.309. The Morgan fingerprint density at radius 3 is 2.67 bits per heavy atom. The number of halogens is 1. The Balaban J connectivity index is 2.26. The van der Waals surface area contributed by atoms with E-state index < -0.39 is 0 Å². The first-order chi connectivity index (χ1) is 7.09. The third kappa shape index (κ3) is 2.31. The van der Waals surface area contributed by atoms with Gasteiger partial charge in [0.2, 0.25) is 0 Å². The summed E-state index contributed by atoms with van der Waals surface area (Å²) < 4.78 is 0. The fraction of sp³-hybridized carbons (Fsp3) is 0.667. The summed E-state index contributed by atoms with van der Waals surface area (Å²) in [5.41, 5.74) is 1.55. The molecule has 0 N–H and O–H groups in total. The molecule has 1 aliphatic carbocycles. The summed E-state index contributed by atoms with van der Waals surface area (Å²) in [6.07, 6.45) is 8.78. The lowest BCUT2D eigenvalue weighted by atomic mass is 9.66. The molecule has 2 rings (SSSR count). The average molecular weight is 225 g/mol. The van der Waals surface area contributed by atoms with Gasteiger partial charge in [-0.15, -0.1) is 11.6 Å². The van der Waals surface area contributed by atoms with Crippen LogP contribution in [0.3, 0.4) is 0 Å². The first kappa shape index (κ1) is 10.9. The van der Waals surface area contributed by atoms with E-state index in [9.17, 15) is 0 Å². The minimum atomic E-state index is 0.309. The molecule has 1 aromatic rings. The van der Waals surface area contributed by atoms with Gasteiger partial charge < -0.3 is 0 Å². The van der Waals surface area contributed by atoms with Crippen molar-refractivity contribution in [3.8, 4) is 0 Å². The average Bonchev–Trinajstić information content (AvgIpc) is 2.23. The van der Waals surface area contributed by atoms with E-state index in [4.69, 9.17) is 11.6 Å². The van der Waals surface area contributed by atoms with Gasteiger partial charge in [0.25, 0.3) is 0 Å². The van der Waals surface area contributed by atoms with Gasteiger partial charge in [0.1, 0.15) is 6.33 Å². The van der Waals surface area contributed by atoms with Crippen molar-refractivity contribution in [3.63, 3.8) is 0 Å². The number of rotatable bonds is 1. The van der Waals surface area contributed by atoms with Crippen molar-refractivity contribution in [1.82, 2.24) is 9.97 Å². The molecule has 0 saturated heterocycles. The van der Waals surface area contributed by atoms with Crippen LogP contribution in [0, 0.1) is 5.41 Å². The molecule has 2 nitrogen and oxygen atoms in total. The summed E-state index contributed by atoms with van der Waals surface area (Å²) in [6, 6.07) is 0. The maximum atomic E-state index is 6.25. The molecule has 1 aliphatic rings. The highest BCUT2D eigenvalue weighted by atomic mass is 35.5. The van der Waals surface area contributed by atoms with Crippen LogP contribution in [0.2, 0.25) is 0 Å². The van der Waals surface area contributed by atoms with E-state index in [1.165, 1.54) is 12.0 Å². The molecule has 1 aromatic heterocycles. The highest BCUT2D eigenvalue weighted by molar-refractivity contribution is 6.20. The van der Waals surface area contributed by atoms with Gasteiger partial charge in [-0.2, -0.15) is 0 Å². The smallest absolute Gasteiger partial charge is 0.115 e. The van der Waals surface area contributed by atoms with Gasteiger partial charge in [-0.3, -0.25) is 0 Å².